The number of alkyl halides is 3. The number of pyridine rings is 1. The van der Waals surface area contributed by atoms with Gasteiger partial charge in [-0.05, 0) is 24.3 Å². The standard InChI is InChI=1S/C13H8Cl2F3N3O/c14-8-3-1-2-4-9(8)19-12(22)21-11-6-7(13(16,17)18)5-10(15)20-11/h1-6H,(H2,19,20,21,22). The molecule has 0 fully saturated rings. The smallest absolute Gasteiger partial charge is 0.306 e. The van der Waals surface area contributed by atoms with Crippen LogP contribution in [0.4, 0.5) is 29.5 Å². The fourth-order valence-electron chi connectivity index (χ4n) is 1.56. The number of carbonyl (C=O) groups is 1. The molecule has 4 nitrogen and oxygen atoms in total. The molecule has 0 atom stereocenters. The van der Waals surface area contributed by atoms with Crippen molar-refractivity contribution in [1.29, 1.82) is 0 Å². The number of anilines is 2. The fraction of sp³-hybridized carbons (Fsp3) is 0.0769. The molecule has 1 aromatic heterocycles. The minimum atomic E-state index is -4.60. The highest BCUT2D eigenvalue weighted by molar-refractivity contribution is 6.33. The van der Waals surface area contributed by atoms with Gasteiger partial charge in [-0.1, -0.05) is 35.3 Å². The number of hydrogen-bond acceptors (Lipinski definition) is 2. The van der Waals surface area contributed by atoms with Crippen molar-refractivity contribution in [1.82, 2.24) is 4.98 Å². The summed E-state index contributed by atoms with van der Waals surface area (Å²) in [5.41, 5.74) is -0.708. The molecule has 2 rings (SSSR count). The number of halogens is 5. The highest BCUT2D eigenvalue weighted by Gasteiger charge is 2.31. The van der Waals surface area contributed by atoms with Crippen LogP contribution in [0.25, 0.3) is 0 Å². The van der Waals surface area contributed by atoms with Gasteiger partial charge >= 0.3 is 12.2 Å². The Morgan fingerprint density at radius 1 is 1.09 bits per heavy atom. The first-order valence-electron chi connectivity index (χ1n) is 5.83. The van der Waals surface area contributed by atoms with Crippen LogP contribution in [0.5, 0.6) is 0 Å². The molecule has 0 saturated carbocycles. The molecule has 0 aliphatic rings. The Bertz CT molecular complexity index is 707. The van der Waals surface area contributed by atoms with Crippen LogP contribution in [0.2, 0.25) is 10.2 Å². The van der Waals surface area contributed by atoms with E-state index in [4.69, 9.17) is 23.2 Å². The Labute approximate surface area is 133 Å². The summed E-state index contributed by atoms with van der Waals surface area (Å²) in [6.07, 6.45) is -4.60. The van der Waals surface area contributed by atoms with Crippen molar-refractivity contribution in [2.45, 2.75) is 6.18 Å². The summed E-state index contributed by atoms with van der Waals surface area (Å²) in [4.78, 5) is 15.4. The van der Waals surface area contributed by atoms with E-state index in [1.807, 2.05) is 0 Å². The predicted molar refractivity (Wildman–Crippen MR) is 78.3 cm³/mol. The first-order chi connectivity index (χ1) is 10.3. The lowest BCUT2D eigenvalue weighted by molar-refractivity contribution is -0.137. The zero-order valence-corrected chi connectivity index (χ0v) is 12.2. The number of rotatable bonds is 2. The molecule has 22 heavy (non-hydrogen) atoms. The van der Waals surface area contributed by atoms with Gasteiger partial charge in [0.25, 0.3) is 0 Å². The lowest BCUT2D eigenvalue weighted by atomic mass is 10.2. The van der Waals surface area contributed by atoms with Gasteiger partial charge in [0.05, 0.1) is 16.3 Å². The minimum Gasteiger partial charge on any atom is -0.306 e. The number of nitrogens with zero attached hydrogens (tertiary/aromatic N) is 1. The quantitative estimate of drug-likeness (QED) is 0.745. The summed E-state index contributed by atoms with van der Waals surface area (Å²) >= 11 is 11.4. The highest BCUT2D eigenvalue weighted by atomic mass is 35.5. The summed E-state index contributed by atoms with van der Waals surface area (Å²) in [5, 5.41) is 4.46. The largest absolute Gasteiger partial charge is 0.416 e. The van der Waals surface area contributed by atoms with Gasteiger partial charge < -0.3 is 5.32 Å². The average molecular weight is 350 g/mol. The van der Waals surface area contributed by atoms with Crippen molar-refractivity contribution in [3.63, 3.8) is 0 Å². The third-order valence-electron chi connectivity index (χ3n) is 2.49. The number of nitrogens with one attached hydrogen (secondary N) is 2. The maximum atomic E-state index is 12.7. The van der Waals surface area contributed by atoms with Crippen molar-refractivity contribution in [3.05, 3.63) is 52.1 Å². The molecule has 2 N–H and O–H groups in total. The number of hydrogen-bond donors (Lipinski definition) is 2. The monoisotopic (exact) mass is 349 g/mol. The van der Waals surface area contributed by atoms with Crippen LogP contribution in [0, 0.1) is 0 Å². The lowest BCUT2D eigenvalue weighted by Gasteiger charge is -2.11. The van der Waals surface area contributed by atoms with E-state index in [0.717, 1.165) is 0 Å². The summed E-state index contributed by atoms with van der Waals surface area (Å²) in [7, 11) is 0. The Kier molecular flexibility index (Phi) is 4.77. The molecule has 116 valence electrons. The van der Waals surface area contributed by atoms with E-state index in [0.29, 0.717) is 17.8 Å². The SMILES string of the molecule is O=C(Nc1cc(C(F)(F)F)cc(Cl)n1)Nc1ccccc1Cl. The molecular formula is C13H8Cl2F3N3O. The molecule has 0 unspecified atom stereocenters. The van der Waals surface area contributed by atoms with Crippen LogP contribution in [0.1, 0.15) is 5.56 Å². The maximum Gasteiger partial charge on any atom is 0.416 e. The molecule has 0 spiro atoms. The molecule has 0 aliphatic carbocycles. The normalized spacial score (nSPS) is 11.1. The summed E-state index contributed by atoms with van der Waals surface area (Å²) in [6, 6.07) is 6.94. The van der Waals surface area contributed by atoms with E-state index < -0.39 is 17.8 Å². The molecule has 0 bridgehead atoms. The van der Waals surface area contributed by atoms with Gasteiger partial charge in [0.1, 0.15) is 11.0 Å². The number of carbonyl (C=O) groups excluding carboxylic acids is 1. The Morgan fingerprint density at radius 2 is 1.77 bits per heavy atom. The third kappa shape index (κ3) is 4.25. The number of aromatic nitrogens is 1. The van der Waals surface area contributed by atoms with Gasteiger partial charge in [-0.3, -0.25) is 5.32 Å². The number of benzene rings is 1. The van der Waals surface area contributed by atoms with Crippen LogP contribution >= 0.6 is 23.2 Å². The maximum absolute atomic E-state index is 12.7. The van der Waals surface area contributed by atoms with Crippen LogP contribution in [0.15, 0.2) is 36.4 Å². The van der Waals surface area contributed by atoms with Gasteiger partial charge in [-0.25, -0.2) is 9.78 Å². The molecule has 9 heteroatoms. The van der Waals surface area contributed by atoms with Crippen molar-refractivity contribution in [2.75, 3.05) is 10.6 Å². The zero-order valence-electron chi connectivity index (χ0n) is 10.7. The molecular weight excluding hydrogens is 342 g/mol. The van der Waals surface area contributed by atoms with Crippen molar-refractivity contribution in [2.24, 2.45) is 0 Å². The van der Waals surface area contributed by atoms with E-state index in [1.165, 1.54) is 6.07 Å². The zero-order chi connectivity index (χ0) is 16.3. The van der Waals surface area contributed by atoms with Gasteiger partial charge in [0, 0.05) is 0 Å². The molecule has 0 radical (unpaired) electrons. The Balaban J connectivity index is 2.15. The molecule has 1 aromatic carbocycles. The fourth-order valence-corrected chi connectivity index (χ4v) is 1.95. The minimum absolute atomic E-state index is 0.285. The second-order valence-corrected chi connectivity index (χ2v) is 4.91. The van der Waals surface area contributed by atoms with Crippen molar-refractivity contribution in [3.8, 4) is 0 Å². The number of urea groups is 1. The van der Waals surface area contributed by atoms with Crippen LogP contribution in [-0.4, -0.2) is 11.0 Å². The molecule has 0 aliphatic heterocycles. The average Bonchev–Trinajstić information content (AvgIpc) is 2.39. The molecule has 2 amide bonds. The van der Waals surface area contributed by atoms with E-state index in [1.54, 1.807) is 18.2 Å². The topological polar surface area (TPSA) is 54.0 Å². The molecule has 1 heterocycles. The first kappa shape index (κ1) is 16.4. The Hall–Kier alpha value is -1.99. The van der Waals surface area contributed by atoms with E-state index in [-0.39, 0.29) is 16.0 Å². The van der Waals surface area contributed by atoms with Gasteiger partial charge in [0.2, 0.25) is 0 Å². The second-order valence-electron chi connectivity index (χ2n) is 4.12. The Morgan fingerprint density at radius 3 is 2.41 bits per heavy atom. The van der Waals surface area contributed by atoms with E-state index in [2.05, 4.69) is 15.6 Å². The second kappa shape index (κ2) is 6.41. The van der Waals surface area contributed by atoms with Gasteiger partial charge in [0.15, 0.2) is 0 Å². The number of para-hydroxylation sites is 1. The summed E-state index contributed by atoms with van der Waals surface area (Å²) < 4.78 is 38.0. The number of amides is 2. The van der Waals surface area contributed by atoms with E-state index in [9.17, 15) is 18.0 Å². The first-order valence-corrected chi connectivity index (χ1v) is 6.58. The summed E-state index contributed by atoms with van der Waals surface area (Å²) in [5.74, 6) is -0.329. The van der Waals surface area contributed by atoms with Crippen LogP contribution < -0.4 is 10.6 Å². The van der Waals surface area contributed by atoms with Crippen LogP contribution in [0.3, 0.4) is 0 Å². The van der Waals surface area contributed by atoms with E-state index >= 15 is 0 Å². The highest BCUT2D eigenvalue weighted by Crippen LogP contribution is 2.32. The molecule has 0 saturated heterocycles. The van der Waals surface area contributed by atoms with Crippen molar-refractivity contribution < 1.29 is 18.0 Å². The lowest BCUT2D eigenvalue weighted by Crippen LogP contribution is -2.21. The summed E-state index contributed by atoms with van der Waals surface area (Å²) in [6.45, 7) is 0. The van der Waals surface area contributed by atoms with Crippen molar-refractivity contribution >= 4 is 40.7 Å². The van der Waals surface area contributed by atoms with Crippen LogP contribution in [-0.2, 0) is 6.18 Å². The van der Waals surface area contributed by atoms with Gasteiger partial charge in [-0.15, -0.1) is 0 Å². The van der Waals surface area contributed by atoms with Gasteiger partial charge in [-0.2, -0.15) is 13.2 Å². The third-order valence-corrected chi connectivity index (χ3v) is 3.01. The predicted octanol–water partition coefficient (Wildman–Crippen LogP) is 5.05. The molecule has 2 aromatic rings.